The van der Waals surface area contributed by atoms with Crippen LogP contribution in [0.5, 0.6) is 0 Å². The Balaban J connectivity index is 2.63. The topological polar surface area (TPSA) is 75.4 Å². The van der Waals surface area contributed by atoms with E-state index < -0.39 is 0 Å². The van der Waals surface area contributed by atoms with Gasteiger partial charge in [-0.15, -0.1) is 0 Å². The number of aliphatic hydroxyl groups excluding tert-OH is 1. The SMILES string of the molecule is CCC(O)CCNC(CC)c1cccc([N+](=O)[O-])c1. The predicted molar refractivity (Wildman–Crippen MR) is 75.0 cm³/mol. The van der Waals surface area contributed by atoms with Gasteiger partial charge in [0.25, 0.3) is 5.69 Å². The van der Waals surface area contributed by atoms with Crippen LogP contribution in [0.1, 0.15) is 44.7 Å². The smallest absolute Gasteiger partial charge is 0.269 e. The van der Waals surface area contributed by atoms with Crippen LogP contribution in [-0.4, -0.2) is 22.7 Å². The van der Waals surface area contributed by atoms with Crippen LogP contribution < -0.4 is 5.32 Å². The summed E-state index contributed by atoms with van der Waals surface area (Å²) in [5, 5.41) is 23.6. The minimum absolute atomic E-state index is 0.0870. The zero-order valence-electron chi connectivity index (χ0n) is 11.5. The number of nitro benzene ring substituents is 1. The fraction of sp³-hybridized carbons (Fsp3) is 0.571. The van der Waals surface area contributed by atoms with E-state index in [1.165, 1.54) is 6.07 Å². The van der Waals surface area contributed by atoms with Crippen molar-refractivity contribution in [1.82, 2.24) is 5.32 Å². The van der Waals surface area contributed by atoms with Crippen LogP contribution in [0.2, 0.25) is 0 Å². The summed E-state index contributed by atoms with van der Waals surface area (Å²) in [4.78, 5) is 10.4. The van der Waals surface area contributed by atoms with Crippen molar-refractivity contribution in [3.63, 3.8) is 0 Å². The van der Waals surface area contributed by atoms with Crippen molar-refractivity contribution in [1.29, 1.82) is 0 Å². The minimum Gasteiger partial charge on any atom is -0.393 e. The van der Waals surface area contributed by atoms with Crippen molar-refractivity contribution < 1.29 is 10.0 Å². The summed E-state index contributed by atoms with van der Waals surface area (Å²) in [5.74, 6) is 0. The Labute approximate surface area is 113 Å². The summed E-state index contributed by atoms with van der Waals surface area (Å²) in [6.45, 7) is 4.69. The van der Waals surface area contributed by atoms with Crippen molar-refractivity contribution in [3.05, 3.63) is 39.9 Å². The number of rotatable bonds is 8. The van der Waals surface area contributed by atoms with Gasteiger partial charge >= 0.3 is 0 Å². The molecule has 0 aromatic heterocycles. The summed E-state index contributed by atoms with van der Waals surface area (Å²) in [7, 11) is 0. The van der Waals surface area contributed by atoms with Gasteiger partial charge in [-0.1, -0.05) is 26.0 Å². The first-order valence-electron chi connectivity index (χ1n) is 6.74. The lowest BCUT2D eigenvalue weighted by Gasteiger charge is -2.18. The standard InChI is InChI=1S/C14H22N2O3/c1-3-13(17)8-9-15-14(4-2)11-6-5-7-12(10-11)16(18)19/h5-7,10,13-15,17H,3-4,8-9H2,1-2H3. The number of aliphatic hydroxyl groups is 1. The molecule has 2 unspecified atom stereocenters. The zero-order valence-corrected chi connectivity index (χ0v) is 11.5. The third kappa shape index (κ3) is 4.96. The second kappa shape index (κ2) is 7.86. The van der Waals surface area contributed by atoms with Gasteiger partial charge in [0.2, 0.25) is 0 Å². The number of hydrogen-bond donors (Lipinski definition) is 2. The van der Waals surface area contributed by atoms with Gasteiger partial charge in [0.15, 0.2) is 0 Å². The van der Waals surface area contributed by atoms with E-state index >= 15 is 0 Å². The van der Waals surface area contributed by atoms with Crippen molar-refractivity contribution in [2.45, 2.75) is 45.3 Å². The summed E-state index contributed by atoms with van der Waals surface area (Å²) < 4.78 is 0. The highest BCUT2D eigenvalue weighted by molar-refractivity contribution is 5.35. The Morgan fingerprint density at radius 2 is 2.11 bits per heavy atom. The number of benzene rings is 1. The van der Waals surface area contributed by atoms with E-state index in [2.05, 4.69) is 5.32 Å². The molecule has 5 heteroatoms. The first-order valence-corrected chi connectivity index (χ1v) is 6.74. The summed E-state index contributed by atoms with van der Waals surface area (Å²) in [6.07, 6.45) is 2.01. The van der Waals surface area contributed by atoms with Crippen LogP contribution in [0.4, 0.5) is 5.69 Å². The van der Waals surface area contributed by atoms with E-state index in [1.807, 2.05) is 19.9 Å². The molecular weight excluding hydrogens is 244 g/mol. The van der Waals surface area contributed by atoms with Gasteiger partial charge in [0, 0.05) is 18.2 Å². The molecular formula is C14H22N2O3. The van der Waals surface area contributed by atoms with Gasteiger partial charge in [-0.25, -0.2) is 0 Å². The molecule has 0 saturated heterocycles. The molecule has 1 rings (SSSR count). The van der Waals surface area contributed by atoms with Crippen LogP contribution >= 0.6 is 0 Å². The molecule has 1 aromatic carbocycles. The fourth-order valence-corrected chi connectivity index (χ4v) is 1.98. The quantitative estimate of drug-likeness (QED) is 0.560. The molecule has 0 aliphatic heterocycles. The first-order chi connectivity index (χ1) is 9.08. The molecule has 2 atom stereocenters. The van der Waals surface area contributed by atoms with E-state index in [9.17, 15) is 15.2 Å². The molecule has 0 aliphatic carbocycles. The molecule has 2 N–H and O–H groups in total. The van der Waals surface area contributed by atoms with Gasteiger partial charge in [0.05, 0.1) is 11.0 Å². The van der Waals surface area contributed by atoms with Gasteiger partial charge in [-0.05, 0) is 31.4 Å². The van der Waals surface area contributed by atoms with Crippen molar-refractivity contribution in [3.8, 4) is 0 Å². The molecule has 0 fully saturated rings. The zero-order chi connectivity index (χ0) is 14.3. The monoisotopic (exact) mass is 266 g/mol. The van der Waals surface area contributed by atoms with Gasteiger partial charge in [-0.2, -0.15) is 0 Å². The largest absolute Gasteiger partial charge is 0.393 e. The van der Waals surface area contributed by atoms with E-state index in [0.29, 0.717) is 13.0 Å². The Morgan fingerprint density at radius 3 is 2.68 bits per heavy atom. The first kappa shape index (κ1) is 15.6. The summed E-state index contributed by atoms with van der Waals surface area (Å²) in [6, 6.07) is 6.79. The number of non-ortho nitro benzene ring substituents is 1. The number of nitro groups is 1. The Morgan fingerprint density at radius 1 is 1.37 bits per heavy atom. The molecule has 5 nitrogen and oxygen atoms in total. The Bertz CT molecular complexity index is 409. The summed E-state index contributed by atoms with van der Waals surface area (Å²) >= 11 is 0. The average Bonchev–Trinajstić information content (AvgIpc) is 2.43. The van der Waals surface area contributed by atoms with Crippen LogP contribution in [0, 0.1) is 10.1 Å². The lowest BCUT2D eigenvalue weighted by atomic mass is 10.0. The van der Waals surface area contributed by atoms with Crippen molar-refractivity contribution in [2.75, 3.05) is 6.54 Å². The fourth-order valence-electron chi connectivity index (χ4n) is 1.98. The lowest BCUT2D eigenvalue weighted by Crippen LogP contribution is -2.24. The Hall–Kier alpha value is -1.46. The molecule has 0 radical (unpaired) electrons. The highest BCUT2D eigenvalue weighted by Crippen LogP contribution is 2.21. The second-order valence-electron chi connectivity index (χ2n) is 4.62. The second-order valence-corrected chi connectivity index (χ2v) is 4.62. The Kier molecular flexibility index (Phi) is 6.45. The van der Waals surface area contributed by atoms with Gasteiger partial charge in [-0.3, -0.25) is 10.1 Å². The van der Waals surface area contributed by atoms with E-state index in [1.54, 1.807) is 12.1 Å². The van der Waals surface area contributed by atoms with Crippen molar-refractivity contribution >= 4 is 5.69 Å². The molecule has 0 saturated carbocycles. The third-order valence-corrected chi connectivity index (χ3v) is 3.23. The predicted octanol–water partition coefficient (Wildman–Crippen LogP) is 2.80. The van der Waals surface area contributed by atoms with Crippen LogP contribution in [0.25, 0.3) is 0 Å². The maximum absolute atomic E-state index is 10.8. The molecule has 0 amide bonds. The van der Waals surface area contributed by atoms with Gasteiger partial charge in [0.1, 0.15) is 0 Å². The molecule has 19 heavy (non-hydrogen) atoms. The van der Waals surface area contributed by atoms with Crippen LogP contribution in [0.3, 0.4) is 0 Å². The van der Waals surface area contributed by atoms with Crippen LogP contribution in [0.15, 0.2) is 24.3 Å². The number of nitrogens with zero attached hydrogens (tertiary/aromatic N) is 1. The lowest BCUT2D eigenvalue weighted by molar-refractivity contribution is -0.384. The molecule has 0 aliphatic rings. The molecule has 106 valence electrons. The molecule has 1 aromatic rings. The minimum atomic E-state index is -0.378. The van der Waals surface area contributed by atoms with Gasteiger partial charge < -0.3 is 10.4 Å². The maximum atomic E-state index is 10.8. The summed E-state index contributed by atoms with van der Waals surface area (Å²) in [5.41, 5.74) is 1.04. The number of hydrogen-bond acceptors (Lipinski definition) is 4. The third-order valence-electron chi connectivity index (χ3n) is 3.23. The normalized spacial score (nSPS) is 14.1. The van der Waals surface area contributed by atoms with Crippen LogP contribution in [-0.2, 0) is 0 Å². The average molecular weight is 266 g/mol. The van der Waals surface area contributed by atoms with E-state index in [4.69, 9.17) is 0 Å². The molecule has 0 spiro atoms. The van der Waals surface area contributed by atoms with Crippen molar-refractivity contribution in [2.24, 2.45) is 0 Å². The highest BCUT2D eigenvalue weighted by Gasteiger charge is 2.13. The van der Waals surface area contributed by atoms with E-state index in [0.717, 1.165) is 18.4 Å². The highest BCUT2D eigenvalue weighted by atomic mass is 16.6. The van der Waals surface area contributed by atoms with E-state index in [-0.39, 0.29) is 22.8 Å². The molecule has 0 heterocycles. The number of nitrogens with one attached hydrogen (secondary N) is 1. The molecule has 0 bridgehead atoms. The maximum Gasteiger partial charge on any atom is 0.269 e.